The maximum Gasteiger partial charge on any atom is 0.340 e. The van der Waals surface area contributed by atoms with Crippen molar-refractivity contribution in [2.75, 3.05) is 25.1 Å². The van der Waals surface area contributed by atoms with Gasteiger partial charge in [-0.05, 0) is 63.8 Å². The van der Waals surface area contributed by atoms with E-state index in [9.17, 15) is 4.79 Å². The van der Waals surface area contributed by atoms with Gasteiger partial charge in [0.05, 0.1) is 23.7 Å². The number of aryl methyl sites for hydroxylation is 4. The summed E-state index contributed by atoms with van der Waals surface area (Å²) in [4.78, 5) is 24.5. The summed E-state index contributed by atoms with van der Waals surface area (Å²) in [5.41, 5.74) is 5.29. The van der Waals surface area contributed by atoms with Gasteiger partial charge in [-0.2, -0.15) is 0 Å². The number of carbonyl (C=O) groups excluding carboxylic acids is 1. The maximum absolute atomic E-state index is 12.6. The molecule has 3 aromatic rings. The van der Waals surface area contributed by atoms with Crippen molar-refractivity contribution < 1.29 is 9.53 Å². The first-order valence-corrected chi connectivity index (χ1v) is 10.6. The number of unbranched alkanes of at least 4 members (excludes halogenated alkanes) is 1. The molecule has 6 nitrogen and oxygen atoms in total. The van der Waals surface area contributed by atoms with Crippen molar-refractivity contribution in [3.63, 3.8) is 0 Å². The third-order valence-corrected chi connectivity index (χ3v) is 5.48. The summed E-state index contributed by atoms with van der Waals surface area (Å²) in [6.45, 7) is 14.2. The van der Waals surface area contributed by atoms with Gasteiger partial charge in [0.2, 0.25) is 0 Å². The molecule has 160 valence electrons. The number of ether oxygens (including phenoxy) is 1. The summed E-state index contributed by atoms with van der Waals surface area (Å²) in [6.07, 6.45) is 4.30. The first-order chi connectivity index (χ1) is 14.3. The van der Waals surface area contributed by atoms with Gasteiger partial charge >= 0.3 is 5.97 Å². The van der Waals surface area contributed by atoms with Crippen molar-refractivity contribution in [3.05, 3.63) is 46.4 Å². The van der Waals surface area contributed by atoms with Crippen LogP contribution in [0.15, 0.2) is 18.3 Å². The van der Waals surface area contributed by atoms with Crippen molar-refractivity contribution in [3.8, 4) is 5.69 Å². The Hall–Kier alpha value is -2.89. The van der Waals surface area contributed by atoms with Crippen LogP contribution < -0.4 is 4.90 Å². The van der Waals surface area contributed by atoms with Crippen LogP contribution in [-0.4, -0.2) is 40.7 Å². The highest BCUT2D eigenvalue weighted by Gasteiger charge is 2.23. The number of esters is 1. The number of benzene rings is 1. The van der Waals surface area contributed by atoms with Crippen LogP contribution in [0, 0.1) is 27.7 Å². The summed E-state index contributed by atoms with van der Waals surface area (Å²) in [5, 5.41) is 1.04. The Bertz CT molecular complexity index is 1080. The van der Waals surface area contributed by atoms with E-state index in [1.54, 1.807) is 0 Å². The largest absolute Gasteiger partial charge is 0.465 e. The van der Waals surface area contributed by atoms with Gasteiger partial charge in [-0.25, -0.2) is 14.8 Å². The minimum absolute atomic E-state index is 0.347. The van der Waals surface area contributed by atoms with Crippen molar-refractivity contribution >= 4 is 22.8 Å². The van der Waals surface area contributed by atoms with E-state index in [-0.39, 0.29) is 5.97 Å². The third kappa shape index (κ3) is 3.91. The maximum atomic E-state index is 12.6. The molecule has 0 radical (unpaired) electrons. The Morgan fingerprint density at radius 3 is 2.47 bits per heavy atom. The molecular formula is C24H32N4O2. The molecule has 3 rings (SSSR count). The molecule has 0 bridgehead atoms. The number of nitrogens with zero attached hydrogens (tertiary/aromatic N) is 4. The molecule has 1 aromatic carbocycles. The van der Waals surface area contributed by atoms with Crippen LogP contribution in [0.1, 0.15) is 59.6 Å². The smallest absolute Gasteiger partial charge is 0.340 e. The molecule has 30 heavy (non-hydrogen) atoms. The number of methoxy groups -OCH3 is 1. The van der Waals surface area contributed by atoms with Gasteiger partial charge in [0, 0.05) is 19.3 Å². The molecule has 2 heterocycles. The average molecular weight is 409 g/mol. The molecule has 2 aromatic heterocycles. The van der Waals surface area contributed by atoms with E-state index in [0.29, 0.717) is 5.56 Å². The number of hydrogen-bond donors (Lipinski definition) is 0. The Morgan fingerprint density at radius 1 is 1.10 bits per heavy atom. The molecule has 0 unspecified atom stereocenters. The molecule has 0 aliphatic rings. The lowest BCUT2D eigenvalue weighted by molar-refractivity contribution is 0.0600. The zero-order valence-electron chi connectivity index (χ0n) is 19.2. The Balaban J connectivity index is 2.32. The highest BCUT2D eigenvalue weighted by Crippen LogP contribution is 2.33. The molecule has 6 heteroatoms. The number of hydrogen-bond acceptors (Lipinski definition) is 5. The number of fused-ring (bicyclic) bond motifs is 1. The van der Waals surface area contributed by atoms with E-state index in [1.165, 1.54) is 7.11 Å². The SMILES string of the molecule is CCCCN(CC)c1nc(C)nc2c1c(C)cn2-c1c(C)cc(C)cc1C(=O)OC. The Kier molecular flexibility index (Phi) is 6.44. The summed E-state index contributed by atoms with van der Waals surface area (Å²) < 4.78 is 7.11. The summed E-state index contributed by atoms with van der Waals surface area (Å²) in [7, 11) is 1.42. The van der Waals surface area contributed by atoms with E-state index in [4.69, 9.17) is 14.7 Å². The number of rotatable bonds is 7. The second kappa shape index (κ2) is 8.86. The van der Waals surface area contributed by atoms with Crippen LogP contribution in [-0.2, 0) is 4.74 Å². The second-order valence-electron chi connectivity index (χ2n) is 7.88. The minimum atomic E-state index is -0.347. The number of anilines is 1. The number of aromatic nitrogens is 3. The van der Waals surface area contributed by atoms with Crippen molar-refractivity contribution in [2.45, 2.75) is 54.4 Å². The average Bonchev–Trinajstić information content (AvgIpc) is 3.02. The van der Waals surface area contributed by atoms with E-state index in [2.05, 4.69) is 37.9 Å². The summed E-state index contributed by atoms with van der Waals surface area (Å²) in [5.74, 6) is 1.34. The Labute approximate surface area is 178 Å². The van der Waals surface area contributed by atoms with Crippen LogP contribution in [0.2, 0.25) is 0 Å². The van der Waals surface area contributed by atoms with Gasteiger partial charge < -0.3 is 9.64 Å². The van der Waals surface area contributed by atoms with Crippen molar-refractivity contribution in [2.24, 2.45) is 0 Å². The lowest BCUT2D eigenvalue weighted by Crippen LogP contribution is -2.25. The lowest BCUT2D eigenvalue weighted by Gasteiger charge is -2.23. The molecule has 0 aliphatic carbocycles. The quantitative estimate of drug-likeness (QED) is 0.511. The second-order valence-corrected chi connectivity index (χ2v) is 7.88. The van der Waals surface area contributed by atoms with Crippen LogP contribution in [0.5, 0.6) is 0 Å². The van der Waals surface area contributed by atoms with E-state index >= 15 is 0 Å². The first-order valence-electron chi connectivity index (χ1n) is 10.6. The predicted octanol–water partition coefficient (Wildman–Crippen LogP) is 5.07. The fourth-order valence-electron chi connectivity index (χ4n) is 4.10. The van der Waals surface area contributed by atoms with Gasteiger partial charge in [0.25, 0.3) is 0 Å². The van der Waals surface area contributed by atoms with Crippen LogP contribution in [0.3, 0.4) is 0 Å². The number of carbonyl (C=O) groups is 1. The molecule has 0 saturated heterocycles. The van der Waals surface area contributed by atoms with Crippen molar-refractivity contribution in [1.82, 2.24) is 14.5 Å². The van der Waals surface area contributed by atoms with Crippen LogP contribution in [0.4, 0.5) is 5.82 Å². The van der Waals surface area contributed by atoms with Crippen LogP contribution >= 0.6 is 0 Å². The van der Waals surface area contributed by atoms with Gasteiger partial charge in [-0.1, -0.05) is 19.4 Å². The summed E-state index contributed by atoms with van der Waals surface area (Å²) >= 11 is 0. The third-order valence-electron chi connectivity index (χ3n) is 5.48. The van der Waals surface area contributed by atoms with Crippen LogP contribution in [0.25, 0.3) is 16.7 Å². The molecule has 0 N–H and O–H groups in total. The molecule has 0 saturated carbocycles. The fraction of sp³-hybridized carbons (Fsp3) is 0.458. The minimum Gasteiger partial charge on any atom is -0.465 e. The normalized spacial score (nSPS) is 11.2. The van der Waals surface area contributed by atoms with Gasteiger partial charge in [-0.3, -0.25) is 4.57 Å². The fourth-order valence-corrected chi connectivity index (χ4v) is 4.10. The van der Waals surface area contributed by atoms with Gasteiger partial charge in [0.15, 0.2) is 5.65 Å². The van der Waals surface area contributed by atoms with Crippen molar-refractivity contribution in [1.29, 1.82) is 0 Å². The first kappa shape index (κ1) is 21.8. The summed E-state index contributed by atoms with van der Waals surface area (Å²) in [6, 6.07) is 3.96. The predicted molar refractivity (Wildman–Crippen MR) is 122 cm³/mol. The van der Waals surface area contributed by atoms with E-state index < -0.39 is 0 Å². The molecule has 0 amide bonds. The molecule has 0 atom stereocenters. The highest BCUT2D eigenvalue weighted by molar-refractivity contribution is 5.97. The molecular weight excluding hydrogens is 376 g/mol. The molecule has 0 aliphatic heterocycles. The zero-order valence-corrected chi connectivity index (χ0v) is 19.2. The topological polar surface area (TPSA) is 60.2 Å². The zero-order chi connectivity index (χ0) is 22.0. The standard InChI is InChI=1S/C24H32N4O2/c1-8-10-11-27(9-2)22-20-17(5)14-28(23(20)26-18(6)25-22)21-16(4)12-15(3)13-19(21)24(29)30-7/h12-14H,8-11H2,1-7H3. The molecule has 0 spiro atoms. The molecule has 0 fully saturated rings. The highest BCUT2D eigenvalue weighted by atomic mass is 16.5. The van der Waals surface area contributed by atoms with Gasteiger partial charge in [-0.15, -0.1) is 0 Å². The van der Waals surface area contributed by atoms with Gasteiger partial charge in [0.1, 0.15) is 11.6 Å². The van der Waals surface area contributed by atoms with E-state index in [0.717, 1.165) is 71.0 Å². The monoisotopic (exact) mass is 408 g/mol. The van der Waals surface area contributed by atoms with E-state index in [1.807, 2.05) is 31.4 Å². The lowest BCUT2D eigenvalue weighted by atomic mass is 10.0. The Morgan fingerprint density at radius 2 is 1.83 bits per heavy atom.